The molecule has 2 atom stereocenters. The molecule has 3 saturated heterocycles. The van der Waals surface area contributed by atoms with Crippen LogP contribution in [-0.2, 0) is 0 Å². The number of urea groups is 1. The third-order valence-corrected chi connectivity index (χ3v) is 4.70. The van der Waals surface area contributed by atoms with Crippen LogP contribution in [0.2, 0.25) is 0 Å². The van der Waals surface area contributed by atoms with E-state index in [4.69, 9.17) is 0 Å². The van der Waals surface area contributed by atoms with Crippen molar-refractivity contribution in [2.45, 2.75) is 18.5 Å². The van der Waals surface area contributed by atoms with Crippen molar-refractivity contribution >= 4 is 17.4 Å². The Bertz CT molecular complexity index is 799. The Labute approximate surface area is 142 Å². The molecule has 1 N–H and O–H groups in total. The second-order valence-corrected chi connectivity index (χ2v) is 6.22. The molecule has 5 rings (SSSR count). The summed E-state index contributed by atoms with van der Waals surface area (Å²) in [5.41, 5.74) is 0.271. The predicted octanol–water partition coefficient (Wildman–Crippen LogP) is 2.99. The number of carbonyl (C=O) groups is 1. The number of nitrogens with one attached hydrogen (secondary N) is 1. The molecule has 4 heterocycles. The standard InChI is InChI=1S/C17H15F3N4O/c18-13-2-1-3-14(19)16(13)22-17(25)24-11-6-12(24)9-23(8-11)10-4-5-21-15(20)7-10/h1-5,7,11-12H,6,8-9H2,(H,22,25). The van der Waals surface area contributed by atoms with Crippen LogP contribution in [0, 0.1) is 17.6 Å². The number of hydrogen-bond donors (Lipinski definition) is 1. The molecule has 8 heteroatoms. The van der Waals surface area contributed by atoms with Gasteiger partial charge in [0.05, 0.1) is 12.1 Å². The fourth-order valence-electron chi connectivity index (χ4n) is 3.53. The van der Waals surface area contributed by atoms with Crippen molar-refractivity contribution in [3.8, 4) is 0 Å². The lowest BCUT2D eigenvalue weighted by Gasteiger charge is -2.56. The molecule has 5 nitrogen and oxygen atoms in total. The molecule has 0 aliphatic carbocycles. The van der Waals surface area contributed by atoms with Crippen molar-refractivity contribution in [1.82, 2.24) is 9.88 Å². The molecule has 2 aromatic rings. The van der Waals surface area contributed by atoms with Gasteiger partial charge in [0.1, 0.15) is 17.3 Å². The van der Waals surface area contributed by atoms with Gasteiger partial charge in [-0.05, 0) is 24.6 Å². The second kappa shape index (κ2) is 5.94. The van der Waals surface area contributed by atoms with Crippen molar-refractivity contribution in [2.75, 3.05) is 23.3 Å². The summed E-state index contributed by atoms with van der Waals surface area (Å²) in [4.78, 5) is 19.5. The number of halogens is 3. The highest BCUT2D eigenvalue weighted by Gasteiger charge is 2.47. The van der Waals surface area contributed by atoms with E-state index in [0.29, 0.717) is 18.8 Å². The first-order valence-electron chi connectivity index (χ1n) is 7.93. The number of carbonyl (C=O) groups excluding carboxylic acids is 1. The number of piperidine rings is 1. The number of nitrogens with zero attached hydrogens (tertiary/aromatic N) is 3. The zero-order valence-corrected chi connectivity index (χ0v) is 13.1. The lowest BCUT2D eigenvalue weighted by Crippen LogP contribution is -2.71. The highest BCUT2D eigenvalue weighted by molar-refractivity contribution is 5.91. The molecule has 3 fully saturated rings. The third kappa shape index (κ3) is 2.77. The number of hydrogen-bond acceptors (Lipinski definition) is 3. The minimum absolute atomic E-state index is 0.0789. The molecule has 25 heavy (non-hydrogen) atoms. The highest BCUT2D eigenvalue weighted by atomic mass is 19.1. The normalized spacial score (nSPS) is 21.7. The summed E-state index contributed by atoms with van der Waals surface area (Å²) in [7, 11) is 0. The van der Waals surface area contributed by atoms with Crippen LogP contribution in [0.4, 0.5) is 29.3 Å². The van der Waals surface area contributed by atoms with Crippen LogP contribution in [0.5, 0.6) is 0 Å². The number of benzene rings is 1. The Morgan fingerprint density at radius 3 is 2.44 bits per heavy atom. The number of piperazine rings is 1. The SMILES string of the molecule is O=C(Nc1c(F)cccc1F)N1C2CC1CN(c1ccnc(F)c1)C2. The first kappa shape index (κ1) is 15.7. The second-order valence-electron chi connectivity index (χ2n) is 6.22. The van der Waals surface area contributed by atoms with Gasteiger partial charge in [0, 0.05) is 31.0 Å². The molecule has 2 bridgehead atoms. The van der Waals surface area contributed by atoms with E-state index in [1.807, 2.05) is 4.90 Å². The van der Waals surface area contributed by atoms with Crippen LogP contribution in [-0.4, -0.2) is 41.1 Å². The lowest BCUT2D eigenvalue weighted by atomic mass is 9.87. The fourth-order valence-corrected chi connectivity index (χ4v) is 3.53. The van der Waals surface area contributed by atoms with Crippen molar-refractivity contribution in [1.29, 1.82) is 0 Å². The molecule has 3 aliphatic rings. The van der Waals surface area contributed by atoms with Crippen molar-refractivity contribution in [2.24, 2.45) is 0 Å². The van der Waals surface area contributed by atoms with Gasteiger partial charge >= 0.3 is 6.03 Å². The molecule has 130 valence electrons. The van der Waals surface area contributed by atoms with Gasteiger partial charge < -0.3 is 15.1 Å². The molecule has 2 unspecified atom stereocenters. The summed E-state index contributed by atoms with van der Waals surface area (Å²) in [5.74, 6) is -2.18. The smallest absolute Gasteiger partial charge is 0.322 e. The molecular weight excluding hydrogens is 333 g/mol. The molecule has 3 aliphatic heterocycles. The van der Waals surface area contributed by atoms with Gasteiger partial charge in [0.15, 0.2) is 0 Å². The van der Waals surface area contributed by atoms with E-state index >= 15 is 0 Å². The van der Waals surface area contributed by atoms with Crippen molar-refractivity contribution in [3.05, 3.63) is 54.1 Å². The minimum Gasteiger partial charge on any atom is -0.367 e. The van der Waals surface area contributed by atoms with E-state index in [-0.39, 0.29) is 12.1 Å². The number of rotatable bonds is 2. The van der Waals surface area contributed by atoms with E-state index in [1.165, 1.54) is 18.3 Å². The zero-order valence-electron chi connectivity index (χ0n) is 13.1. The van der Waals surface area contributed by atoms with Crippen LogP contribution in [0.3, 0.4) is 0 Å². The van der Waals surface area contributed by atoms with Gasteiger partial charge in [-0.15, -0.1) is 0 Å². The maximum Gasteiger partial charge on any atom is 0.322 e. The number of amides is 2. The van der Waals surface area contributed by atoms with Crippen LogP contribution >= 0.6 is 0 Å². The average molecular weight is 348 g/mol. The third-order valence-electron chi connectivity index (χ3n) is 4.70. The lowest BCUT2D eigenvalue weighted by molar-refractivity contribution is 0.0438. The molecule has 2 amide bonds. The molecule has 0 saturated carbocycles. The van der Waals surface area contributed by atoms with E-state index in [9.17, 15) is 18.0 Å². The maximum atomic E-state index is 13.7. The molecule has 1 aromatic heterocycles. The van der Waals surface area contributed by atoms with Crippen molar-refractivity contribution < 1.29 is 18.0 Å². The number of anilines is 2. The number of aromatic nitrogens is 1. The zero-order chi connectivity index (χ0) is 17.6. The first-order chi connectivity index (χ1) is 12.0. The van der Waals surface area contributed by atoms with Crippen molar-refractivity contribution in [3.63, 3.8) is 0 Å². The monoisotopic (exact) mass is 348 g/mol. The van der Waals surface area contributed by atoms with Gasteiger partial charge in [-0.25, -0.2) is 18.6 Å². The summed E-state index contributed by atoms with van der Waals surface area (Å²) in [6.45, 7) is 1.07. The van der Waals surface area contributed by atoms with E-state index in [1.54, 1.807) is 11.0 Å². The Morgan fingerprint density at radius 2 is 1.80 bits per heavy atom. The van der Waals surface area contributed by atoms with Gasteiger partial charge in [-0.2, -0.15) is 4.39 Å². The molecule has 1 aromatic carbocycles. The maximum absolute atomic E-state index is 13.7. The van der Waals surface area contributed by atoms with Gasteiger partial charge in [0.2, 0.25) is 5.95 Å². The number of pyridine rings is 1. The van der Waals surface area contributed by atoms with Gasteiger partial charge in [-0.3, -0.25) is 0 Å². The summed E-state index contributed by atoms with van der Waals surface area (Å²) in [6, 6.07) is 5.81. The Morgan fingerprint density at radius 1 is 1.12 bits per heavy atom. The largest absolute Gasteiger partial charge is 0.367 e. The average Bonchev–Trinajstić information content (AvgIpc) is 2.58. The quantitative estimate of drug-likeness (QED) is 0.849. The van der Waals surface area contributed by atoms with Crippen LogP contribution in [0.25, 0.3) is 0 Å². The number of para-hydroxylation sites is 1. The highest BCUT2D eigenvalue weighted by Crippen LogP contribution is 2.35. The molecule has 0 radical (unpaired) electrons. The first-order valence-corrected chi connectivity index (χ1v) is 7.93. The Hall–Kier alpha value is -2.77. The van der Waals surface area contributed by atoms with E-state index in [2.05, 4.69) is 10.3 Å². The topological polar surface area (TPSA) is 48.5 Å². The van der Waals surface area contributed by atoms with E-state index < -0.39 is 29.3 Å². The van der Waals surface area contributed by atoms with Gasteiger partial charge in [0.25, 0.3) is 0 Å². The predicted molar refractivity (Wildman–Crippen MR) is 85.8 cm³/mol. The molecule has 0 spiro atoms. The molecular formula is C17H15F3N4O. The number of fused-ring (bicyclic) bond motifs is 2. The van der Waals surface area contributed by atoms with Crippen LogP contribution in [0.1, 0.15) is 6.42 Å². The summed E-state index contributed by atoms with van der Waals surface area (Å²) >= 11 is 0. The van der Waals surface area contributed by atoms with Gasteiger partial charge in [-0.1, -0.05) is 6.07 Å². The van der Waals surface area contributed by atoms with Crippen LogP contribution in [0.15, 0.2) is 36.5 Å². The summed E-state index contributed by atoms with van der Waals surface area (Å²) < 4.78 is 40.6. The fraction of sp³-hybridized carbons (Fsp3) is 0.294. The Kier molecular flexibility index (Phi) is 3.74. The summed E-state index contributed by atoms with van der Waals surface area (Å²) in [5, 5.41) is 2.32. The minimum atomic E-state index is -0.812. The van der Waals surface area contributed by atoms with E-state index in [0.717, 1.165) is 18.6 Å². The van der Waals surface area contributed by atoms with Crippen LogP contribution < -0.4 is 10.2 Å². The Balaban J connectivity index is 1.45. The summed E-state index contributed by atoms with van der Waals surface area (Å²) in [6.07, 6.45) is 2.22.